The predicted octanol–water partition coefficient (Wildman–Crippen LogP) is 3.25. The molecule has 1 aliphatic rings. The van der Waals surface area contributed by atoms with Gasteiger partial charge in [-0.1, -0.05) is 26.0 Å². The highest BCUT2D eigenvalue weighted by atomic mass is 16.6. The smallest absolute Gasteiger partial charge is 0.161 e. The van der Waals surface area contributed by atoms with Crippen LogP contribution in [0.4, 0.5) is 0 Å². The van der Waals surface area contributed by atoms with Crippen LogP contribution in [0.2, 0.25) is 0 Å². The first kappa shape index (κ1) is 13.9. The van der Waals surface area contributed by atoms with Crippen LogP contribution < -0.4 is 14.8 Å². The van der Waals surface area contributed by atoms with E-state index in [0.29, 0.717) is 19.3 Å². The van der Waals surface area contributed by atoms with Crippen molar-refractivity contribution >= 4 is 5.57 Å². The van der Waals surface area contributed by atoms with Gasteiger partial charge < -0.3 is 14.8 Å². The third kappa shape index (κ3) is 4.00. The van der Waals surface area contributed by atoms with Gasteiger partial charge in [-0.3, -0.25) is 0 Å². The summed E-state index contributed by atoms with van der Waals surface area (Å²) in [5, 5.41) is 3.41. The lowest BCUT2D eigenvalue weighted by atomic mass is 10.1. The van der Waals surface area contributed by atoms with Crippen LogP contribution in [0, 0.1) is 0 Å². The van der Waals surface area contributed by atoms with Crippen molar-refractivity contribution in [1.29, 1.82) is 0 Å². The minimum Gasteiger partial charge on any atom is -0.486 e. The van der Waals surface area contributed by atoms with E-state index in [1.165, 1.54) is 11.1 Å². The van der Waals surface area contributed by atoms with Gasteiger partial charge in [0.1, 0.15) is 13.2 Å². The van der Waals surface area contributed by atoms with Crippen molar-refractivity contribution in [3.63, 3.8) is 0 Å². The molecular weight excluding hydrogens is 238 g/mol. The molecule has 0 radical (unpaired) electrons. The molecule has 0 aromatic heterocycles. The minimum atomic E-state index is 0.544. The average molecular weight is 261 g/mol. The topological polar surface area (TPSA) is 30.5 Å². The Morgan fingerprint density at radius 2 is 2.00 bits per heavy atom. The zero-order chi connectivity index (χ0) is 13.7. The molecule has 1 aliphatic heterocycles. The lowest BCUT2D eigenvalue weighted by Gasteiger charge is -2.19. The van der Waals surface area contributed by atoms with E-state index < -0.39 is 0 Å². The van der Waals surface area contributed by atoms with Crippen molar-refractivity contribution in [2.45, 2.75) is 33.2 Å². The number of hydrogen-bond acceptors (Lipinski definition) is 3. The second kappa shape index (κ2) is 6.62. The molecule has 104 valence electrons. The number of benzene rings is 1. The van der Waals surface area contributed by atoms with Crippen molar-refractivity contribution < 1.29 is 9.47 Å². The maximum absolute atomic E-state index is 5.61. The van der Waals surface area contributed by atoms with Crippen molar-refractivity contribution in [2.75, 3.05) is 19.8 Å². The van der Waals surface area contributed by atoms with Crippen LogP contribution in [0.1, 0.15) is 32.8 Å². The molecule has 0 saturated carbocycles. The van der Waals surface area contributed by atoms with Gasteiger partial charge in [-0.15, -0.1) is 0 Å². The quantitative estimate of drug-likeness (QED) is 0.825. The highest BCUT2D eigenvalue weighted by molar-refractivity contribution is 5.66. The van der Waals surface area contributed by atoms with E-state index >= 15 is 0 Å². The van der Waals surface area contributed by atoms with E-state index in [1.807, 2.05) is 6.07 Å². The lowest BCUT2D eigenvalue weighted by Crippen LogP contribution is -2.23. The van der Waals surface area contributed by atoms with E-state index in [4.69, 9.17) is 9.47 Å². The Labute approximate surface area is 115 Å². The zero-order valence-corrected chi connectivity index (χ0v) is 12.0. The number of ether oxygens (including phenoxy) is 2. The van der Waals surface area contributed by atoms with Gasteiger partial charge in [-0.2, -0.15) is 0 Å². The highest BCUT2D eigenvalue weighted by Gasteiger charge is 2.11. The summed E-state index contributed by atoms with van der Waals surface area (Å²) in [6, 6.07) is 6.70. The molecule has 0 fully saturated rings. The molecule has 0 spiro atoms. The Morgan fingerprint density at radius 1 is 1.26 bits per heavy atom. The Balaban J connectivity index is 1.98. The molecule has 0 saturated heterocycles. The predicted molar refractivity (Wildman–Crippen MR) is 78.8 cm³/mol. The SMILES string of the molecule is CC(=CCCNC(C)C)c1ccc2c(c1)OCCO2. The zero-order valence-electron chi connectivity index (χ0n) is 12.0. The Kier molecular flexibility index (Phi) is 4.86. The van der Waals surface area contributed by atoms with Crippen molar-refractivity contribution in [3.8, 4) is 11.5 Å². The molecule has 0 aliphatic carbocycles. The van der Waals surface area contributed by atoms with Gasteiger partial charge in [0.25, 0.3) is 0 Å². The summed E-state index contributed by atoms with van der Waals surface area (Å²) < 4.78 is 11.1. The molecule has 0 atom stereocenters. The molecule has 3 heteroatoms. The Bertz CT molecular complexity index is 452. The summed E-state index contributed by atoms with van der Waals surface area (Å²) in [6.45, 7) is 8.76. The molecule has 1 aromatic carbocycles. The van der Waals surface area contributed by atoms with Crippen LogP contribution in [-0.2, 0) is 0 Å². The first-order valence-corrected chi connectivity index (χ1v) is 6.97. The molecule has 0 unspecified atom stereocenters. The molecule has 1 aromatic rings. The first-order chi connectivity index (χ1) is 9.16. The van der Waals surface area contributed by atoms with Crippen LogP contribution in [0.5, 0.6) is 11.5 Å². The van der Waals surface area contributed by atoms with Crippen LogP contribution in [0.3, 0.4) is 0 Å². The van der Waals surface area contributed by atoms with E-state index in [9.17, 15) is 0 Å². The summed E-state index contributed by atoms with van der Waals surface area (Å²) in [5.74, 6) is 1.71. The summed E-state index contributed by atoms with van der Waals surface area (Å²) in [6.07, 6.45) is 3.30. The number of hydrogen-bond donors (Lipinski definition) is 1. The summed E-state index contributed by atoms with van der Waals surface area (Å²) in [4.78, 5) is 0. The molecular formula is C16H23NO2. The largest absolute Gasteiger partial charge is 0.486 e. The van der Waals surface area contributed by atoms with Gasteiger partial charge in [0.15, 0.2) is 11.5 Å². The number of allylic oxidation sites excluding steroid dienone is 1. The maximum Gasteiger partial charge on any atom is 0.161 e. The van der Waals surface area contributed by atoms with E-state index in [2.05, 4.69) is 44.3 Å². The van der Waals surface area contributed by atoms with Gasteiger partial charge in [0.05, 0.1) is 0 Å². The number of fused-ring (bicyclic) bond motifs is 1. The molecule has 3 nitrogen and oxygen atoms in total. The molecule has 1 N–H and O–H groups in total. The van der Waals surface area contributed by atoms with E-state index in [0.717, 1.165) is 24.5 Å². The first-order valence-electron chi connectivity index (χ1n) is 6.97. The molecule has 0 amide bonds. The second-order valence-electron chi connectivity index (χ2n) is 5.14. The van der Waals surface area contributed by atoms with Gasteiger partial charge in [0, 0.05) is 6.04 Å². The fraction of sp³-hybridized carbons (Fsp3) is 0.500. The van der Waals surface area contributed by atoms with Crippen molar-refractivity contribution in [2.24, 2.45) is 0 Å². The molecule has 1 heterocycles. The average Bonchev–Trinajstić information content (AvgIpc) is 2.42. The lowest BCUT2D eigenvalue weighted by molar-refractivity contribution is 0.171. The van der Waals surface area contributed by atoms with Crippen molar-refractivity contribution in [1.82, 2.24) is 5.32 Å². The monoisotopic (exact) mass is 261 g/mol. The highest BCUT2D eigenvalue weighted by Crippen LogP contribution is 2.32. The van der Waals surface area contributed by atoms with Gasteiger partial charge in [-0.25, -0.2) is 0 Å². The molecule has 0 bridgehead atoms. The van der Waals surface area contributed by atoms with Crippen molar-refractivity contribution in [3.05, 3.63) is 29.8 Å². The van der Waals surface area contributed by atoms with E-state index in [1.54, 1.807) is 0 Å². The van der Waals surface area contributed by atoms with E-state index in [-0.39, 0.29) is 0 Å². The summed E-state index contributed by atoms with van der Waals surface area (Å²) >= 11 is 0. The van der Waals surface area contributed by atoms with Gasteiger partial charge >= 0.3 is 0 Å². The van der Waals surface area contributed by atoms with Gasteiger partial charge in [0.2, 0.25) is 0 Å². The van der Waals surface area contributed by atoms with Crippen LogP contribution in [-0.4, -0.2) is 25.8 Å². The summed E-state index contributed by atoms with van der Waals surface area (Å²) in [7, 11) is 0. The molecule has 2 rings (SSSR count). The third-order valence-corrected chi connectivity index (χ3v) is 3.14. The maximum atomic E-state index is 5.61. The molecule has 19 heavy (non-hydrogen) atoms. The number of rotatable bonds is 5. The second-order valence-corrected chi connectivity index (χ2v) is 5.14. The minimum absolute atomic E-state index is 0.544. The third-order valence-electron chi connectivity index (χ3n) is 3.14. The standard InChI is InChI=1S/C16H23NO2/c1-12(2)17-8-4-5-13(3)14-6-7-15-16(11-14)19-10-9-18-15/h5-7,11-12,17H,4,8-10H2,1-3H3. The summed E-state index contributed by atoms with van der Waals surface area (Å²) in [5.41, 5.74) is 2.48. The Hall–Kier alpha value is -1.48. The Morgan fingerprint density at radius 3 is 2.74 bits per heavy atom. The normalized spacial score (nSPS) is 14.8. The number of nitrogens with one attached hydrogen (secondary N) is 1. The fourth-order valence-corrected chi connectivity index (χ4v) is 2.07. The fourth-order valence-electron chi connectivity index (χ4n) is 2.07. The van der Waals surface area contributed by atoms with Crippen LogP contribution in [0.25, 0.3) is 5.57 Å². The van der Waals surface area contributed by atoms with Gasteiger partial charge in [-0.05, 0) is 43.2 Å². The van der Waals surface area contributed by atoms with Crippen LogP contribution >= 0.6 is 0 Å². The van der Waals surface area contributed by atoms with Crippen LogP contribution in [0.15, 0.2) is 24.3 Å².